The van der Waals surface area contributed by atoms with Gasteiger partial charge in [0.25, 0.3) is 11.8 Å². The molecule has 2 aromatic rings. The minimum atomic E-state index is -4.39. The summed E-state index contributed by atoms with van der Waals surface area (Å²) in [6.07, 6.45) is 0. The first-order valence-electron chi connectivity index (χ1n) is 7.30. The first kappa shape index (κ1) is 20.5. The van der Waals surface area contributed by atoms with Gasteiger partial charge in [0.15, 0.2) is 0 Å². The highest BCUT2D eigenvalue weighted by atomic mass is 32.2. The third kappa shape index (κ3) is 4.13. The Bertz CT molecular complexity index is 1080. The lowest BCUT2D eigenvalue weighted by molar-refractivity contribution is -0.130. The van der Waals surface area contributed by atoms with Gasteiger partial charge < -0.3 is 16.2 Å². The van der Waals surface area contributed by atoms with E-state index in [1.165, 1.54) is 13.8 Å². The molecule has 27 heavy (non-hydrogen) atoms. The smallest absolute Gasteiger partial charge is 0.256 e. The Morgan fingerprint density at radius 3 is 2.44 bits per heavy atom. The predicted molar refractivity (Wildman–Crippen MR) is 94.3 cm³/mol. The minimum Gasteiger partial charge on any atom is -0.381 e. The second-order valence-electron chi connectivity index (χ2n) is 5.95. The summed E-state index contributed by atoms with van der Waals surface area (Å²) in [7, 11) is -4.39. The van der Waals surface area contributed by atoms with Crippen molar-refractivity contribution >= 4 is 38.0 Å². The van der Waals surface area contributed by atoms with E-state index >= 15 is 0 Å². The average molecular weight is 411 g/mol. The number of carbonyl (C=O) groups excluding carboxylic acids is 2. The highest BCUT2D eigenvalue weighted by Gasteiger charge is 2.30. The first-order valence-corrected chi connectivity index (χ1v) is 9.60. The van der Waals surface area contributed by atoms with Gasteiger partial charge >= 0.3 is 0 Å². The lowest BCUT2D eigenvalue weighted by Crippen LogP contribution is -2.36. The van der Waals surface area contributed by atoms with E-state index in [2.05, 4.69) is 5.32 Å². The number of hydrogen-bond acceptors (Lipinski definition) is 7. The minimum absolute atomic E-state index is 0.0615. The molecule has 0 aliphatic carbocycles. The van der Waals surface area contributed by atoms with E-state index in [1.807, 2.05) is 0 Å². The number of nitriles is 1. The second kappa shape index (κ2) is 7.07. The summed E-state index contributed by atoms with van der Waals surface area (Å²) < 4.78 is 39.1. The van der Waals surface area contributed by atoms with Gasteiger partial charge in [-0.2, -0.15) is 5.26 Å². The summed E-state index contributed by atoms with van der Waals surface area (Å²) in [4.78, 5) is 22.8. The van der Waals surface area contributed by atoms with Crippen molar-refractivity contribution in [1.82, 2.24) is 0 Å². The number of amides is 2. The van der Waals surface area contributed by atoms with Crippen molar-refractivity contribution in [2.45, 2.75) is 28.6 Å². The van der Waals surface area contributed by atoms with E-state index < -0.39 is 42.2 Å². The van der Waals surface area contributed by atoms with Gasteiger partial charge in [-0.25, -0.2) is 12.8 Å². The van der Waals surface area contributed by atoms with Gasteiger partial charge in [0.2, 0.25) is 9.84 Å². The van der Waals surface area contributed by atoms with E-state index in [-0.39, 0.29) is 16.1 Å². The molecule has 1 aromatic heterocycles. The zero-order valence-electron chi connectivity index (χ0n) is 14.1. The molecular weight excluding hydrogens is 397 g/mol. The van der Waals surface area contributed by atoms with Crippen molar-refractivity contribution in [3.05, 3.63) is 41.2 Å². The molecule has 2 rings (SSSR count). The molecule has 1 heterocycles. The van der Waals surface area contributed by atoms with Crippen LogP contribution in [0.15, 0.2) is 33.4 Å². The zero-order chi connectivity index (χ0) is 20.6. The highest BCUT2D eigenvalue weighted by molar-refractivity contribution is 7.93. The standard InChI is InChI=1S/C16H14FN3O5S2/c1-16(2,23)15(22)20-14-9(13(19)21)6-12(26-14)27(24,25)11-4-3-8(7-18)5-10(11)17/h3-6,23H,1-2H3,(H2,19,21)(H,20,22). The number of sulfone groups is 1. The first-order chi connectivity index (χ1) is 12.4. The SMILES string of the molecule is CC(C)(O)C(=O)Nc1sc(S(=O)(=O)c2ccc(C#N)cc2F)cc1C(N)=O. The summed E-state index contributed by atoms with van der Waals surface area (Å²) >= 11 is 0.489. The van der Waals surface area contributed by atoms with Crippen LogP contribution in [0.3, 0.4) is 0 Å². The fourth-order valence-electron chi connectivity index (χ4n) is 1.93. The van der Waals surface area contributed by atoms with Gasteiger partial charge in [-0.15, -0.1) is 11.3 Å². The molecule has 0 fully saturated rings. The van der Waals surface area contributed by atoms with Crippen LogP contribution in [0.2, 0.25) is 0 Å². The molecule has 142 valence electrons. The van der Waals surface area contributed by atoms with Crippen molar-refractivity contribution in [2.24, 2.45) is 5.73 Å². The maximum atomic E-state index is 14.1. The topological polar surface area (TPSA) is 150 Å². The molecule has 0 radical (unpaired) electrons. The number of primary amides is 1. The van der Waals surface area contributed by atoms with Crippen LogP contribution in [0.5, 0.6) is 0 Å². The third-order valence-electron chi connectivity index (χ3n) is 3.37. The number of nitrogens with two attached hydrogens (primary N) is 1. The number of hydrogen-bond donors (Lipinski definition) is 3. The molecule has 0 saturated carbocycles. The van der Waals surface area contributed by atoms with Crippen LogP contribution in [0.1, 0.15) is 29.8 Å². The van der Waals surface area contributed by atoms with Crippen LogP contribution in [0.25, 0.3) is 0 Å². The summed E-state index contributed by atoms with van der Waals surface area (Å²) in [5.41, 5.74) is 3.05. The molecule has 0 spiro atoms. The summed E-state index contributed by atoms with van der Waals surface area (Å²) in [5.74, 6) is -3.04. The van der Waals surface area contributed by atoms with Crippen LogP contribution < -0.4 is 11.1 Å². The molecule has 0 saturated heterocycles. The number of nitrogens with zero attached hydrogens (tertiary/aromatic N) is 1. The highest BCUT2D eigenvalue weighted by Crippen LogP contribution is 2.35. The van der Waals surface area contributed by atoms with Gasteiger partial charge in [0.05, 0.1) is 17.2 Å². The van der Waals surface area contributed by atoms with Crippen LogP contribution in [-0.2, 0) is 14.6 Å². The Morgan fingerprint density at radius 2 is 1.96 bits per heavy atom. The average Bonchev–Trinajstić information content (AvgIpc) is 2.98. The zero-order valence-corrected chi connectivity index (χ0v) is 15.7. The molecule has 0 aliphatic heterocycles. The molecule has 0 bridgehead atoms. The van der Waals surface area contributed by atoms with Gasteiger partial charge in [-0.1, -0.05) is 0 Å². The van der Waals surface area contributed by atoms with Crippen molar-refractivity contribution < 1.29 is 27.5 Å². The van der Waals surface area contributed by atoms with Crippen molar-refractivity contribution in [2.75, 3.05) is 5.32 Å². The number of halogens is 1. The normalized spacial score (nSPS) is 11.7. The summed E-state index contributed by atoms with van der Waals surface area (Å²) in [6.45, 7) is 2.40. The fraction of sp³-hybridized carbons (Fsp3) is 0.188. The van der Waals surface area contributed by atoms with Gasteiger partial charge in [-0.05, 0) is 38.1 Å². The molecular formula is C16H14FN3O5S2. The molecule has 0 atom stereocenters. The largest absolute Gasteiger partial charge is 0.381 e. The van der Waals surface area contributed by atoms with E-state index in [1.54, 1.807) is 6.07 Å². The van der Waals surface area contributed by atoms with E-state index in [9.17, 15) is 27.5 Å². The predicted octanol–water partition coefficient (Wildman–Crippen LogP) is 1.40. The molecule has 11 heteroatoms. The summed E-state index contributed by atoms with van der Waals surface area (Å²) in [5, 5.41) is 20.5. The van der Waals surface area contributed by atoms with Crippen LogP contribution in [-0.4, -0.2) is 30.9 Å². The van der Waals surface area contributed by atoms with Crippen molar-refractivity contribution in [3.63, 3.8) is 0 Å². The third-order valence-corrected chi connectivity index (χ3v) is 6.68. The van der Waals surface area contributed by atoms with Crippen molar-refractivity contribution in [1.29, 1.82) is 5.26 Å². The molecule has 4 N–H and O–H groups in total. The molecule has 2 amide bonds. The van der Waals surface area contributed by atoms with Gasteiger partial charge in [0.1, 0.15) is 25.5 Å². The lowest BCUT2D eigenvalue weighted by Gasteiger charge is -2.16. The number of benzene rings is 1. The molecule has 0 aliphatic rings. The summed E-state index contributed by atoms with van der Waals surface area (Å²) in [6, 6.07) is 5.44. The Kier molecular flexibility index (Phi) is 5.37. The Hall–Kier alpha value is -2.81. The Morgan fingerprint density at radius 1 is 1.33 bits per heavy atom. The van der Waals surface area contributed by atoms with E-state index in [0.717, 1.165) is 24.3 Å². The fourth-order valence-corrected chi connectivity index (χ4v) is 4.73. The quantitative estimate of drug-likeness (QED) is 0.677. The number of carbonyl (C=O) groups is 2. The number of anilines is 1. The molecule has 0 unspecified atom stereocenters. The van der Waals surface area contributed by atoms with Crippen LogP contribution in [0, 0.1) is 17.1 Å². The maximum Gasteiger partial charge on any atom is 0.256 e. The van der Waals surface area contributed by atoms with Gasteiger partial charge in [0, 0.05) is 0 Å². The van der Waals surface area contributed by atoms with Crippen molar-refractivity contribution in [3.8, 4) is 6.07 Å². The lowest BCUT2D eigenvalue weighted by atomic mass is 10.1. The molecule has 8 nitrogen and oxygen atoms in total. The second-order valence-corrected chi connectivity index (χ2v) is 9.14. The van der Waals surface area contributed by atoms with Crippen LogP contribution in [0.4, 0.5) is 9.39 Å². The monoisotopic (exact) mass is 411 g/mol. The number of nitrogens with one attached hydrogen (secondary N) is 1. The Labute approximate surface area is 158 Å². The maximum absolute atomic E-state index is 14.1. The van der Waals surface area contributed by atoms with E-state index in [4.69, 9.17) is 11.0 Å². The van der Waals surface area contributed by atoms with Gasteiger partial charge in [-0.3, -0.25) is 9.59 Å². The van der Waals surface area contributed by atoms with E-state index in [0.29, 0.717) is 11.3 Å². The number of thiophene rings is 1. The Balaban J connectivity index is 2.56. The number of rotatable bonds is 5. The number of aliphatic hydroxyl groups is 1. The molecule has 1 aromatic carbocycles. The van der Waals surface area contributed by atoms with Crippen LogP contribution >= 0.6 is 11.3 Å².